The number of aryl methyl sites for hydroxylation is 1. The van der Waals surface area contributed by atoms with Gasteiger partial charge in [-0.3, -0.25) is 4.98 Å². The molecule has 5 aromatic rings. The van der Waals surface area contributed by atoms with Crippen molar-refractivity contribution in [1.82, 2.24) is 39.7 Å². The van der Waals surface area contributed by atoms with Gasteiger partial charge in [0, 0.05) is 50.3 Å². The SMILES string of the molecule is COc1ccccc1N1CCN(c2nccc(-c3nnc4nc(-c5cccnc5)nn4c3C)n2)CC1. The highest BCUT2D eigenvalue weighted by atomic mass is 16.5. The minimum absolute atomic E-state index is 0.428. The normalized spacial score (nSPS) is 13.8. The summed E-state index contributed by atoms with van der Waals surface area (Å²) >= 11 is 0. The van der Waals surface area contributed by atoms with Gasteiger partial charge in [0.2, 0.25) is 5.95 Å². The van der Waals surface area contributed by atoms with Gasteiger partial charge in [-0.1, -0.05) is 12.1 Å². The summed E-state index contributed by atoms with van der Waals surface area (Å²) in [6, 6.07) is 13.7. The van der Waals surface area contributed by atoms with Crippen molar-refractivity contribution < 1.29 is 4.74 Å². The van der Waals surface area contributed by atoms with Crippen LogP contribution < -0.4 is 14.5 Å². The molecule has 0 amide bonds. The number of nitrogens with zero attached hydrogens (tertiary/aromatic N) is 10. The fourth-order valence-electron chi connectivity index (χ4n) is 4.39. The third-order valence-corrected chi connectivity index (χ3v) is 6.28. The smallest absolute Gasteiger partial charge is 0.272 e. The van der Waals surface area contributed by atoms with E-state index in [1.165, 1.54) is 0 Å². The fourth-order valence-corrected chi connectivity index (χ4v) is 4.39. The molecule has 0 spiro atoms. The molecule has 0 atom stereocenters. The summed E-state index contributed by atoms with van der Waals surface area (Å²) in [5.41, 5.74) is 4.06. The van der Waals surface area contributed by atoms with E-state index >= 15 is 0 Å². The standard InChI is InChI=1S/C25H24N10O/c1-17-22(30-31-25-29-23(32-35(17)25)18-6-5-10-26-16-18)19-9-11-27-24(28-19)34-14-12-33(13-15-34)20-7-3-4-8-21(20)36-2/h3-11,16H,12-15H2,1-2H3. The minimum atomic E-state index is 0.428. The highest BCUT2D eigenvalue weighted by Gasteiger charge is 2.22. The predicted octanol–water partition coefficient (Wildman–Crippen LogP) is 2.68. The maximum atomic E-state index is 5.54. The summed E-state index contributed by atoms with van der Waals surface area (Å²) in [7, 11) is 1.70. The van der Waals surface area contributed by atoms with Crippen molar-refractivity contribution in [1.29, 1.82) is 0 Å². The van der Waals surface area contributed by atoms with Gasteiger partial charge in [-0.05, 0) is 37.3 Å². The van der Waals surface area contributed by atoms with Crippen molar-refractivity contribution in [3.8, 4) is 28.5 Å². The van der Waals surface area contributed by atoms with Crippen LogP contribution in [0.4, 0.5) is 11.6 Å². The molecule has 180 valence electrons. The number of fused-ring (bicyclic) bond motifs is 1. The van der Waals surface area contributed by atoms with Crippen molar-refractivity contribution in [2.45, 2.75) is 6.92 Å². The molecule has 0 radical (unpaired) electrons. The van der Waals surface area contributed by atoms with Crippen LogP contribution in [0, 0.1) is 6.92 Å². The molecule has 11 heteroatoms. The number of rotatable bonds is 5. The van der Waals surface area contributed by atoms with Crippen LogP contribution in [0.15, 0.2) is 61.1 Å². The Bertz CT molecular complexity index is 1510. The fraction of sp³-hybridized carbons (Fsp3) is 0.240. The van der Waals surface area contributed by atoms with Crippen LogP contribution in [0.1, 0.15) is 5.69 Å². The minimum Gasteiger partial charge on any atom is -0.495 e. The summed E-state index contributed by atoms with van der Waals surface area (Å²) in [6.45, 7) is 5.21. The van der Waals surface area contributed by atoms with E-state index in [0.29, 0.717) is 28.9 Å². The Hall–Kier alpha value is -4.67. The Kier molecular flexibility index (Phi) is 5.56. The maximum absolute atomic E-state index is 5.54. The number of methoxy groups -OCH3 is 1. The zero-order valence-electron chi connectivity index (χ0n) is 20.0. The van der Waals surface area contributed by atoms with Crippen LogP contribution in [-0.2, 0) is 0 Å². The Morgan fingerprint density at radius 2 is 1.69 bits per heavy atom. The summed E-state index contributed by atoms with van der Waals surface area (Å²) in [6.07, 6.45) is 5.20. The van der Waals surface area contributed by atoms with Crippen LogP contribution in [0.3, 0.4) is 0 Å². The van der Waals surface area contributed by atoms with Gasteiger partial charge in [-0.15, -0.1) is 15.3 Å². The summed E-state index contributed by atoms with van der Waals surface area (Å²) in [4.78, 5) is 22.5. The summed E-state index contributed by atoms with van der Waals surface area (Å²) in [5, 5.41) is 13.3. The van der Waals surface area contributed by atoms with Crippen molar-refractivity contribution in [3.63, 3.8) is 0 Å². The molecule has 1 fully saturated rings. The molecular formula is C25H24N10O. The lowest BCUT2D eigenvalue weighted by molar-refractivity contribution is 0.413. The number of para-hydroxylation sites is 2. The van der Waals surface area contributed by atoms with Crippen LogP contribution in [0.5, 0.6) is 5.75 Å². The molecule has 1 aliphatic heterocycles. The topological polar surface area (TPSA) is 110 Å². The van der Waals surface area contributed by atoms with E-state index in [4.69, 9.17) is 9.72 Å². The monoisotopic (exact) mass is 480 g/mol. The first-order valence-electron chi connectivity index (χ1n) is 11.7. The molecule has 36 heavy (non-hydrogen) atoms. The summed E-state index contributed by atoms with van der Waals surface area (Å²) < 4.78 is 7.23. The van der Waals surface area contributed by atoms with Crippen molar-refractivity contribution >= 4 is 17.4 Å². The van der Waals surface area contributed by atoms with E-state index in [1.54, 1.807) is 30.2 Å². The highest BCUT2D eigenvalue weighted by molar-refractivity contribution is 5.62. The molecule has 5 heterocycles. The zero-order chi connectivity index (χ0) is 24.5. The van der Waals surface area contributed by atoms with Crippen molar-refractivity contribution in [2.75, 3.05) is 43.1 Å². The Balaban J connectivity index is 1.25. The van der Waals surface area contributed by atoms with Crippen LogP contribution in [0.25, 0.3) is 28.6 Å². The number of ether oxygens (including phenoxy) is 1. The van der Waals surface area contributed by atoms with E-state index in [-0.39, 0.29) is 0 Å². The second-order valence-corrected chi connectivity index (χ2v) is 8.41. The third kappa shape index (κ3) is 3.94. The first kappa shape index (κ1) is 21.8. The molecule has 11 nitrogen and oxygen atoms in total. The van der Waals surface area contributed by atoms with Crippen molar-refractivity contribution in [2.24, 2.45) is 0 Å². The van der Waals surface area contributed by atoms with Gasteiger partial charge in [0.25, 0.3) is 5.78 Å². The molecule has 0 aliphatic carbocycles. The molecule has 4 aromatic heterocycles. The van der Waals surface area contributed by atoms with E-state index < -0.39 is 0 Å². The van der Waals surface area contributed by atoms with E-state index in [0.717, 1.165) is 48.9 Å². The van der Waals surface area contributed by atoms with Gasteiger partial charge in [0.05, 0.1) is 24.2 Å². The largest absolute Gasteiger partial charge is 0.495 e. The number of benzene rings is 1. The van der Waals surface area contributed by atoms with Gasteiger partial charge >= 0.3 is 0 Å². The molecule has 0 N–H and O–H groups in total. The lowest BCUT2D eigenvalue weighted by Gasteiger charge is -2.36. The van der Waals surface area contributed by atoms with E-state index in [2.05, 4.69) is 46.1 Å². The summed E-state index contributed by atoms with van der Waals surface area (Å²) in [5.74, 6) is 2.53. The molecule has 0 bridgehead atoms. The molecule has 1 saturated heterocycles. The molecule has 1 aromatic carbocycles. The number of hydrogen-bond acceptors (Lipinski definition) is 10. The average molecular weight is 481 g/mol. The quantitative estimate of drug-likeness (QED) is 0.372. The lowest BCUT2D eigenvalue weighted by Crippen LogP contribution is -2.47. The molecular weight excluding hydrogens is 456 g/mol. The third-order valence-electron chi connectivity index (χ3n) is 6.28. The predicted molar refractivity (Wildman–Crippen MR) is 135 cm³/mol. The van der Waals surface area contributed by atoms with Gasteiger partial charge < -0.3 is 14.5 Å². The Morgan fingerprint density at radius 3 is 2.50 bits per heavy atom. The second kappa shape index (κ2) is 9.17. The maximum Gasteiger partial charge on any atom is 0.272 e. The van der Waals surface area contributed by atoms with E-state index in [9.17, 15) is 0 Å². The van der Waals surface area contributed by atoms with Gasteiger partial charge in [-0.2, -0.15) is 9.50 Å². The van der Waals surface area contributed by atoms with Gasteiger partial charge in [-0.25, -0.2) is 9.97 Å². The van der Waals surface area contributed by atoms with Gasteiger partial charge in [0.15, 0.2) is 5.82 Å². The Morgan fingerprint density at radius 1 is 0.861 bits per heavy atom. The van der Waals surface area contributed by atoms with Gasteiger partial charge in [0.1, 0.15) is 11.4 Å². The van der Waals surface area contributed by atoms with Crippen molar-refractivity contribution in [3.05, 3.63) is 66.7 Å². The van der Waals surface area contributed by atoms with Crippen LogP contribution in [0.2, 0.25) is 0 Å². The number of aromatic nitrogens is 8. The first-order valence-corrected chi connectivity index (χ1v) is 11.7. The molecule has 0 saturated carbocycles. The molecule has 0 unspecified atom stereocenters. The van der Waals surface area contributed by atoms with Crippen LogP contribution in [-0.4, -0.2) is 73.0 Å². The Labute approximate surface area is 207 Å². The zero-order valence-corrected chi connectivity index (χ0v) is 20.0. The number of anilines is 2. The number of hydrogen-bond donors (Lipinski definition) is 0. The second-order valence-electron chi connectivity index (χ2n) is 8.41. The lowest BCUT2D eigenvalue weighted by atomic mass is 10.2. The highest BCUT2D eigenvalue weighted by Crippen LogP contribution is 2.29. The van der Waals surface area contributed by atoms with E-state index in [1.807, 2.05) is 43.3 Å². The molecule has 1 aliphatic rings. The molecule has 6 rings (SSSR count). The number of piperazine rings is 1. The van der Waals surface area contributed by atoms with Crippen LogP contribution >= 0.6 is 0 Å². The number of pyridine rings is 1. The average Bonchev–Trinajstić information content (AvgIpc) is 3.39. The first-order chi connectivity index (χ1) is 17.7.